The summed E-state index contributed by atoms with van der Waals surface area (Å²) >= 11 is 0. The average Bonchev–Trinajstić information content (AvgIpc) is 2.38. The van der Waals surface area contributed by atoms with Gasteiger partial charge in [-0.3, -0.25) is 0 Å². The summed E-state index contributed by atoms with van der Waals surface area (Å²) in [5.41, 5.74) is 0.874. The molecule has 0 spiro atoms. The Balaban J connectivity index is 2.71. The standard InChI is InChI=1S/C14H20O4/c1-4-17-12-8-6-11(7-9-12)10(3)13(15)14(16)18-5-2/h6-10,13,15H,4-5H2,1-3H3. The lowest BCUT2D eigenvalue weighted by Gasteiger charge is -2.18. The molecule has 0 fully saturated rings. The Hall–Kier alpha value is -1.55. The molecule has 2 atom stereocenters. The number of benzene rings is 1. The van der Waals surface area contributed by atoms with Gasteiger partial charge in [-0.25, -0.2) is 4.79 Å². The first-order chi connectivity index (χ1) is 8.60. The van der Waals surface area contributed by atoms with Crippen LogP contribution in [0.2, 0.25) is 0 Å². The summed E-state index contributed by atoms with van der Waals surface area (Å²) in [5.74, 6) is -0.113. The fraction of sp³-hybridized carbons (Fsp3) is 0.500. The minimum Gasteiger partial charge on any atom is -0.494 e. The quantitative estimate of drug-likeness (QED) is 0.788. The number of aliphatic hydroxyl groups excluding tert-OH is 1. The molecule has 1 aromatic carbocycles. The van der Waals surface area contributed by atoms with E-state index in [1.807, 2.05) is 31.2 Å². The molecule has 1 rings (SSSR count). The van der Waals surface area contributed by atoms with Gasteiger partial charge in [-0.15, -0.1) is 0 Å². The van der Waals surface area contributed by atoms with Crippen LogP contribution < -0.4 is 4.74 Å². The van der Waals surface area contributed by atoms with Crippen molar-refractivity contribution in [3.05, 3.63) is 29.8 Å². The summed E-state index contributed by atoms with van der Waals surface area (Å²) < 4.78 is 10.1. The molecule has 1 N–H and O–H groups in total. The third-order valence-electron chi connectivity index (χ3n) is 2.72. The topological polar surface area (TPSA) is 55.8 Å². The van der Waals surface area contributed by atoms with Crippen LogP contribution in [0.4, 0.5) is 0 Å². The van der Waals surface area contributed by atoms with E-state index in [1.165, 1.54) is 0 Å². The van der Waals surface area contributed by atoms with Gasteiger partial charge in [0.25, 0.3) is 0 Å². The van der Waals surface area contributed by atoms with Crippen LogP contribution in [0.1, 0.15) is 32.3 Å². The van der Waals surface area contributed by atoms with E-state index in [4.69, 9.17) is 9.47 Å². The van der Waals surface area contributed by atoms with Crippen LogP contribution in [-0.4, -0.2) is 30.4 Å². The van der Waals surface area contributed by atoms with E-state index in [9.17, 15) is 9.90 Å². The minimum atomic E-state index is -1.14. The summed E-state index contributed by atoms with van der Waals surface area (Å²) in [6.45, 7) is 6.30. The normalized spacial score (nSPS) is 13.8. The second-order valence-corrected chi connectivity index (χ2v) is 3.99. The first-order valence-corrected chi connectivity index (χ1v) is 6.17. The molecule has 0 heterocycles. The molecule has 4 nitrogen and oxygen atoms in total. The molecule has 0 aliphatic carbocycles. The Kier molecular flexibility index (Phi) is 5.65. The number of rotatable bonds is 6. The van der Waals surface area contributed by atoms with Gasteiger partial charge in [0.05, 0.1) is 13.2 Å². The van der Waals surface area contributed by atoms with Crippen molar-refractivity contribution in [2.45, 2.75) is 32.8 Å². The second kappa shape index (κ2) is 7.01. The summed E-state index contributed by atoms with van der Waals surface area (Å²) in [4.78, 5) is 11.4. The third-order valence-corrected chi connectivity index (χ3v) is 2.72. The fourth-order valence-corrected chi connectivity index (χ4v) is 1.65. The number of aliphatic hydroxyl groups is 1. The van der Waals surface area contributed by atoms with Crippen LogP contribution in [0.25, 0.3) is 0 Å². The highest BCUT2D eigenvalue weighted by molar-refractivity contribution is 5.75. The lowest BCUT2D eigenvalue weighted by atomic mass is 9.95. The maximum absolute atomic E-state index is 11.4. The fourth-order valence-electron chi connectivity index (χ4n) is 1.65. The SMILES string of the molecule is CCOC(=O)C(O)C(C)c1ccc(OCC)cc1. The van der Waals surface area contributed by atoms with Gasteiger partial charge in [0.15, 0.2) is 6.10 Å². The van der Waals surface area contributed by atoms with Crippen LogP contribution in [0, 0.1) is 0 Å². The predicted octanol–water partition coefficient (Wildman–Crippen LogP) is 2.11. The van der Waals surface area contributed by atoms with Crippen molar-refractivity contribution in [3.63, 3.8) is 0 Å². The van der Waals surface area contributed by atoms with Crippen molar-refractivity contribution in [1.29, 1.82) is 0 Å². The molecule has 2 unspecified atom stereocenters. The van der Waals surface area contributed by atoms with Crippen molar-refractivity contribution >= 4 is 5.97 Å². The third kappa shape index (κ3) is 3.74. The Bertz CT molecular complexity index is 372. The molecule has 0 aromatic heterocycles. The molecule has 0 aliphatic heterocycles. The summed E-state index contributed by atoms with van der Waals surface area (Å²) in [7, 11) is 0. The highest BCUT2D eigenvalue weighted by Gasteiger charge is 2.24. The van der Waals surface area contributed by atoms with Crippen molar-refractivity contribution in [2.24, 2.45) is 0 Å². The lowest BCUT2D eigenvalue weighted by Crippen LogP contribution is -2.28. The van der Waals surface area contributed by atoms with Gasteiger partial charge < -0.3 is 14.6 Å². The summed E-state index contributed by atoms with van der Waals surface area (Å²) in [6, 6.07) is 7.34. The van der Waals surface area contributed by atoms with Gasteiger partial charge in [-0.05, 0) is 31.5 Å². The molecule has 0 saturated carbocycles. The maximum Gasteiger partial charge on any atom is 0.335 e. The van der Waals surface area contributed by atoms with E-state index >= 15 is 0 Å². The van der Waals surface area contributed by atoms with Gasteiger partial charge in [0, 0.05) is 5.92 Å². The van der Waals surface area contributed by atoms with Crippen LogP contribution in [-0.2, 0) is 9.53 Å². The van der Waals surface area contributed by atoms with E-state index in [-0.39, 0.29) is 12.5 Å². The van der Waals surface area contributed by atoms with Gasteiger partial charge >= 0.3 is 5.97 Å². The maximum atomic E-state index is 11.4. The highest BCUT2D eigenvalue weighted by atomic mass is 16.5. The zero-order chi connectivity index (χ0) is 13.5. The van der Waals surface area contributed by atoms with Gasteiger partial charge in [0.1, 0.15) is 5.75 Å². The Morgan fingerprint density at radius 1 is 1.22 bits per heavy atom. The van der Waals surface area contributed by atoms with Gasteiger partial charge in [0.2, 0.25) is 0 Å². The molecule has 1 aromatic rings. The first kappa shape index (κ1) is 14.5. The number of carbonyl (C=O) groups excluding carboxylic acids is 1. The van der Waals surface area contributed by atoms with Crippen molar-refractivity contribution in [1.82, 2.24) is 0 Å². The van der Waals surface area contributed by atoms with E-state index < -0.39 is 12.1 Å². The molecule has 0 amide bonds. The number of ether oxygens (including phenoxy) is 2. The van der Waals surface area contributed by atoms with Crippen LogP contribution >= 0.6 is 0 Å². The zero-order valence-corrected chi connectivity index (χ0v) is 11.1. The minimum absolute atomic E-state index is 0.270. The Labute approximate surface area is 108 Å². The van der Waals surface area contributed by atoms with Crippen LogP contribution in [0.3, 0.4) is 0 Å². The molecular weight excluding hydrogens is 232 g/mol. The average molecular weight is 252 g/mol. The van der Waals surface area contributed by atoms with E-state index in [1.54, 1.807) is 13.8 Å². The zero-order valence-electron chi connectivity index (χ0n) is 11.1. The molecule has 100 valence electrons. The summed E-state index contributed by atoms with van der Waals surface area (Å²) in [5, 5.41) is 9.84. The molecular formula is C14H20O4. The number of hydrogen-bond acceptors (Lipinski definition) is 4. The molecule has 0 radical (unpaired) electrons. The van der Waals surface area contributed by atoms with E-state index in [2.05, 4.69) is 0 Å². The first-order valence-electron chi connectivity index (χ1n) is 6.17. The number of esters is 1. The summed E-state index contributed by atoms with van der Waals surface area (Å²) in [6.07, 6.45) is -1.14. The number of hydrogen-bond donors (Lipinski definition) is 1. The highest BCUT2D eigenvalue weighted by Crippen LogP contribution is 2.22. The van der Waals surface area contributed by atoms with Gasteiger partial charge in [-0.2, -0.15) is 0 Å². The van der Waals surface area contributed by atoms with Crippen LogP contribution in [0.5, 0.6) is 5.75 Å². The van der Waals surface area contributed by atoms with Crippen LogP contribution in [0.15, 0.2) is 24.3 Å². The predicted molar refractivity (Wildman–Crippen MR) is 68.7 cm³/mol. The van der Waals surface area contributed by atoms with Crippen molar-refractivity contribution < 1.29 is 19.4 Å². The van der Waals surface area contributed by atoms with E-state index in [0.717, 1.165) is 11.3 Å². The second-order valence-electron chi connectivity index (χ2n) is 3.99. The Morgan fingerprint density at radius 3 is 2.33 bits per heavy atom. The molecule has 0 aliphatic rings. The van der Waals surface area contributed by atoms with Crippen molar-refractivity contribution in [3.8, 4) is 5.75 Å². The molecule has 18 heavy (non-hydrogen) atoms. The van der Waals surface area contributed by atoms with E-state index in [0.29, 0.717) is 6.61 Å². The van der Waals surface area contributed by atoms with Gasteiger partial charge in [-0.1, -0.05) is 19.1 Å². The molecule has 4 heteroatoms. The number of carbonyl (C=O) groups is 1. The molecule has 0 saturated heterocycles. The lowest BCUT2D eigenvalue weighted by molar-refractivity contribution is -0.154. The van der Waals surface area contributed by atoms with Crippen molar-refractivity contribution in [2.75, 3.05) is 13.2 Å². The molecule has 0 bridgehead atoms. The largest absolute Gasteiger partial charge is 0.494 e. The Morgan fingerprint density at radius 2 is 1.83 bits per heavy atom. The monoisotopic (exact) mass is 252 g/mol. The smallest absolute Gasteiger partial charge is 0.335 e.